The zero-order valence-electron chi connectivity index (χ0n) is 23.2. The maximum atomic E-state index is 13.8. The van der Waals surface area contributed by atoms with Crippen molar-refractivity contribution in [1.82, 2.24) is 15.2 Å². The summed E-state index contributed by atoms with van der Waals surface area (Å²) < 4.78 is 71.8. The van der Waals surface area contributed by atoms with Crippen molar-refractivity contribution in [1.29, 1.82) is 0 Å². The second-order valence-corrected chi connectivity index (χ2v) is 11.5. The van der Waals surface area contributed by atoms with E-state index in [4.69, 9.17) is 4.55 Å². The third-order valence-corrected chi connectivity index (χ3v) is 7.71. The van der Waals surface area contributed by atoms with E-state index in [-0.39, 0.29) is 31.1 Å². The van der Waals surface area contributed by atoms with Gasteiger partial charge in [0.2, 0.25) is 5.91 Å². The van der Waals surface area contributed by atoms with Gasteiger partial charge in [-0.3, -0.25) is 19.2 Å². The Kier molecular flexibility index (Phi) is 11.5. The van der Waals surface area contributed by atoms with Crippen LogP contribution in [0.1, 0.15) is 61.4 Å². The quantitative estimate of drug-likeness (QED) is 0.175. The molecule has 0 spiro atoms. The molecular weight excluding hydrogens is 555 g/mol. The van der Waals surface area contributed by atoms with Crippen LogP contribution in [0.2, 0.25) is 0 Å². The topological polar surface area (TPSA) is 99.6 Å². The number of carbonyl (C=O) groups is 1. The van der Waals surface area contributed by atoms with Gasteiger partial charge < -0.3 is 5.32 Å². The normalized spacial score (nSPS) is 12.9. The predicted octanol–water partition coefficient (Wildman–Crippen LogP) is 6.07. The van der Waals surface area contributed by atoms with Crippen LogP contribution >= 0.6 is 0 Å². The first-order valence-corrected chi connectivity index (χ1v) is 15.1. The van der Waals surface area contributed by atoms with Crippen molar-refractivity contribution >= 4 is 16.0 Å². The number of aryl methyl sites for hydroxylation is 1. The van der Waals surface area contributed by atoms with E-state index >= 15 is 0 Å². The number of nitrogens with one attached hydrogen (secondary N) is 1. The maximum absolute atomic E-state index is 13.8. The first-order valence-electron chi connectivity index (χ1n) is 13.5. The third-order valence-electron chi connectivity index (χ3n) is 6.99. The van der Waals surface area contributed by atoms with Crippen molar-refractivity contribution in [2.24, 2.45) is 0 Å². The van der Waals surface area contributed by atoms with Crippen molar-refractivity contribution in [3.05, 3.63) is 89.2 Å². The van der Waals surface area contributed by atoms with Gasteiger partial charge in [0.05, 0.1) is 11.3 Å². The Morgan fingerprint density at radius 3 is 2.54 bits per heavy atom. The van der Waals surface area contributed by atoms with Gasteiger partial charge in [0.15, 0.2) is 0 Å². The predicted molar refractivity (Wildman–Crippen MR) is 153 cm³/mol. The lowest BCUT2D eigenvalue weighted by Crippen LogP contribution is -2.30. The summed E-state index contributed by atoms with van der Waals surface area (Å²) in [5.74, 6) is -1.15. The summed E-state index contributed by atoms with van der Waals surface area (Å²) in [6.07, 6.45) is 0.703. The van der Waals surface area contributed by atoms with Gasteiger partial charge in [0.25, 0.3) is 10.1 Å². The van der Waals surface area contributed by atoms with Crippen LogP contribution in [0, 0.1) is 0 Å². The Balaban J connectivity index is 1.78. The van der Waals surface area contributed by atoms with Gasteiger partial charge in [-0.25, -0.2) is 0 Å². The number of hydrogen-bond acceptors (Lipinski definition) is 5. The molecule has 1 aromatic heterocycles. The lowest BCUT2D eigenvalue weighted by molar-refractivity contribution is -0.138. The van der Waals surface area contributed by atoms with E-state index < -0.39 is 33.5 Å². The number of aromatic nitrogens is 1. The highest BCUT2D eigenvalue weighted by Gasteiger charge is 2.33. The van der Waals surface area contributed by atoms with E-state index in [1.807, 2.05) is 42.3 Å². The molecule has 7 nitrogen and oxygen atoms in total. The van der Waals surface area contributed by atoms with Gasteiger partial charge in [-0.1, -0.05) is 43.3 Å². The lowest BCUT2D eigenvalue weighted by atomic mass is 9.96. The minimum absolute atomic E-state index is 0.0806. The minimum Gasteiger partial charge on any atom is -0.356 e. The van der Waals surface area contributed by atoms with Crippen molar-refractivity contribution in [3.63, 3.8) is 0 Å². The summed E-state index contributed by atoms with van der Waals surface area (Å²) in [6, 6.07) is 15.3. The standard InChI is InChI=1S/C30H36F3N3O4S/c1-3-23-20-34-16-13-27(23)25-11-8-10-24(19-25)22(2)36(21-26-9-4-5-12-28(26)30(31,32)33)17-7-6-15-35-29(37)14-18-41(38,39)40/h4-5,8-13,16,19-20,22H,3,6-7,14-15,17-18,21H2,1-2H3,(H,35,37)(H,38,39,40)/t22-/m0/s1. The Labute approximate surface area is 239 Å². The molecule has 0 saturated heterocycles. The molecule has 0 bridgehead atoms. The van der Waals surface area contributed by atoms with E-state index in [2.05, 4.69) is 23.3 Å². The molecule has 2 N–H and O–H groups in total. The number of hydrogen-bond donors (Lipinski definition) is 2. The highest BCUT2D eigenvalue weighted by atomic mass is 32.2. The van der Waals surface area contributed by atoms with Crippen LogP contribution in [-0.2, 0) is 34.1 Å². The summed E-state index contributed by atoms with van der Waals surface area (Å²) >= 11 is 0. The number of benzene rings is 2. The number of pyridine rings is 1. The molecule has 0 aliphatic rings. The van der Waals surface area contributed by atoms with Crippen LogP contribution in [-0.4, -0.2) is 47.6 Å². The fourth-order valence-electron chi connectivity index (χ4n) is 4.71. The number of rotatable bonds is 14. The number of amides is 1. The van der Waals surface area contributed by atoms with Gasteiger partial charge in [-0.2, -0.15) is 21.6 Å². The summed E-state index contributed by atoms with van der Waals surface area (Å²) in [4.78, 5) is 18.1. The van der Waals surface area contributed by atoms with Gasteiger partial charge in [-0.15, -0.1) is 0 Å². The number of halogens is 3. The van der Waals surface area contributed by atoms with Crippen LogP contribution in [0.3, 0.4) is 0 Å². The van der Waals surface area contributed by atoms with Gasteiger partial charge in [0.1, 0.15) is 0 Å². The smallest absolute Gasteiger partial charge is 0.356 e. The lowest BCUT2D eigenvalue weighted by Gasteiger charge is -2.31. The van der Waals surface area contributed by atoms with Crippen LogP contribution in [0.15, 0.2) is 67.0 Å². The van der Waals surface area contributed by atoms with Gasteiger partial charge in [-0.05, 0) is 78.7 Å². The van der Waals surface area contributed by atoms with Crippen LogP contribution in [0.5, 0.6) is 0 Å². The molecule has 11 heteroatoms. The first-order chi connectivity index (χ1) is 19.4. The monoisotopic (exact) mass is 591 g/mol. The molecule has 0 fully saturated rings. The largest absolute Gasteiger partial charge is 0.416 e. The van der Waals surface area contributed by atoms with Crippen molar-refractivity contribution in [2.75, 3.05) is 18.8 Å². The zero-order chi connectivity index (χ0) is 30.0. The van der Waals surface area contributed by atoms with E-state index in [9.17, 15) is 26.4 Å². The van der Waals surface area contributed by atoms with Crippen LogP contribution in [0.4, 0.5) is 13.2 Å². The van der Waals surface area contributed by atoms with E-state index in [1.165, 1.54) is 12.1 Å². The fraction of sp³-hybridized carbons (Fsp3) is 0.400. The second kappa shape index (κ2) is 14.6. The Bertz CT molecular complexity index is 1410. The molecule has 3 aromatic rings. The molecule has 2 aromatic carbocycles. The maximum Gasteiger partial charge on any atom is 0.416 e. The summed E-state index contributed by atoms with van der Waals surface area (Å²) in [6.45, 7) is 4.86. The van der Waals surface area contributed by atoms with Gasteiger partial charge in [0, 0.05) is 37.9 Å². The third kappa shape index (κ3) is 9.94. The zero-order valence-corrected chi connectivity index (χ0v) is 24.0. The summed E-state index contributed by atoms with van der Waals surface area (Å²) in [5, 5.41) is 2.62. The summed E-state index contributed by atoms with van der Waals surface area (Å²) in [7, 11) is -4.22. The molecule has 0 radical (unpaired) electrons. The van der Waals surface area contributed by atoms with Crippen molar-refractivity contribution in [3.8, 4) is 11.1 Å². The Morgan fingerprint density at radius 1 is 1.07 bits per heavy atom. The van der Waals surface area contributed by atoms with Crippen LogP contribution < -0.4 is 5.32 Å². The Hall–Kier alpha value is -3.28. The molecule has 41 heavy (non-hydrogen) atoms. The number of unbranched alkanes of at least 4 members (excludes halogenated alkanes) is 1. The molecule has 1 heterocycles. The average molecular weight is 592 g/mol. The molecule has 3 rings (SSSR count). The number of nitrogens with zero attached hydrogens (tertiary/aromatic N) is 2. The molecular formula is C30H36F3N3O4S. The molecule has 222 valence electrons. The van der Waals surface area contributed by atoms with E-state index in [0.29, 0.717) is 19.4 Å². The SMILES string of the molecule is CCc1cnccc1-c1cccc([C@H](C)N(CCCCNC(=O)CCS(=O)(=O)O)Cc2ccccc2C(F)(F)F)c1. The highest BCUT2D eigenvalue weighted by Crippen LogP contribution is 2.34. The van der Waals surface area contributed by atoms with Gasteiger partial charge >= 0.3 is 6.18 Å². The summed E-state index contributed by atoms with van der Waals surface area (Å²) in [5.41, 5.74) is 3.66. The first kappa shape index (κ1) is 32.2. The molecule has 1 amide bonds. The minimum atomic E-state index is -4.48. The van der Waals surface area contributed by atoms with E-state index in [1.54, 1.807) is 12.3 Å². The van der Waals surface area contributed by atoms with Crippen LogP contribution in [0.25, 0.3) is 11.1 Å². The van der Waals surface area contributed by atoms with Crippen molar-refractivity contribution in [2.45, 2.75) is 58.3 Å². The molecule has 0 aliphatic heterocycles. The molecule has 0 aliphatic carbocycles. The molecule has 1 atom stereocenters. The van der Waals surface area contributed by atoms with Crippen molar-refractivity contribution < 1.29 is 30.9 Å². The average Bonchev–Trinajstić information content (AvgIpc) is 2.94. The number of carbonyl (C=O) groups excluding carboxylic acids is 1. The Morgan fingerprint density at radius 2 is 1.83 bits per heavy atom. The molecule has 0 saturated carbocycles. The highest BCUT2D eigenvalue weighted by molar-refractivity contribution is 7.85. The second-order valence-electron chi connectivity index (χ2n) is 9.91. The fourth-order valence-corrected chi connectivity index (χ4v) is 5.15. The molecule has 0 unspecified atom stereocenters. The van der Waals surface area contributed by atoms with E-state index in [0.717, 1.165) is 34.7 Å². The number of alkyl halides is 3.